The molecule has 0 saturated heterocycles. The lowest BCUT2D eigenvalue weighted by atomic mass is 10.2. The molecule has 1 aromatic rings. The highest BCUT2D eigenvalue weighted by Gasteiger charge is 2.03. The minimum atomic E-state index is -0.200. The topological polar surface area (TPSA) is 0 Å². The van der Waals surface area contributed by atoms with Crippen molar-refractivity contribution in [2.24, 2.45) is 0 Å². The second-order valence-corrected chi connectivity index (χ2v) is 5.70. The van der Waals surface area contributed by atoms with Gasteiger partial charge >= 0.3 is 0 Å². The summed E-state index contributed by atoms with van der Waals surface area (Å²) in [6.45, 7) is 2.06. The molecule has 0 aromatic heterocycles. The maximum atomic E-state index is 13.0. The fourth-order valence-electron chi connectivity index (χ4n) is 0.977. The zero-order valence-corrected chi connectivity index (χ0v) is 10.9. The van der Waals surface area contributed by atoms with Crippen LogP contribution in [0.2, 0.25) is 0 Å². The average molecular weight is 298 g/mol. The number of benzene rings is 1. The van der Waals surface area contributed by atoms with Gasteiger partial charge in [0.25, 0.3) is 0 Å². The van der Waals surface area contributed by atoms with E-state index in [2.05, 4.69) is 22.9 Å². The third kappa shape index (κ3) is 4.20. The van der Waals surface area contributed by atoms with Crippen LogP contribution < -0.4 is 0 Å². The summed E-state index contributed by atoms with van der Waals surface area (Å²) in [5, 5.41) is 0.402. The van der Waals surface area contributed by atoms with Crippen LogP contribution in [-0.4, -0.2) is 11.1 Å². The molecule has 0 spiro atoms. The molecule has 0 amide bonds. The molecule has 1 atom stereocenters. The molecule has 0 fully saturated rings. The maximum absolute atomic E-state index is 13.0. The van der Waals surface area contributed by atoms with E-state index in [1.807, 2.05) is 6.07 Å². The van der Waals surface area contributed by atoms with Crippen molar-refractivity contribution in [1.82, 2.24) is 0 Å². The van der Waals surface area contributed by atoms with Gasteiger partial charge < -0.3 is 0 Å². The van der Waals surface area contributed by atoms with Crippen molar-refractivity contribution in [3.05, 3.63) is 34.1 Å². The summed E-state index contributed by atoms with van der Waals surface area (Å²) >= 11 is 10.7. The largest absolute Gasteiger partial charge is 0.207 e. The number of hydrogen-bond acceptors (Lipinski definition) is 1. The molecule has 4 heteroatoms. The Labute approximate surface area is 101 Å². The Morgan fingerprint density at radius 2 is 2.21 bits per heavy atom. The highest BCUT2D eigenvalue weighted by atomic mass is 79.9. The Bertz CT molecular complexity index is 286. The predicted octanol–water partition coefficient (Wildman–Crippen LogP) is 4.45. The summed E-state index contributed by atoms with van der Waals surface area (Å²) in [5.41, 5.74) is 0.985. The molecule has 0 heterocycles. The molecule has 0 radical (unpaired) electrons. The van der Waals surface area contributed by atoms with Gasteiger partial charge in [-0.2, -0.15) is 11.8 Å². The summed E-state index contributed by atoms with van der Waals surface area (Å²) in [6.07, 6.45) is 0. The Morgan fingerprint density at radius 1 is 1.50 bits per heavy atom. The van der Waals surface area contributed by atoms with Gasteiger partial charge in [0.15, 0.2) is 0 Å². The van der Waals surface area contributed by atoms with E-state index in [0.717, 1.165) is 15.8 Å². The van der Waals surface area contributed by atoms with Gasteiger partial charge in [-0.05, 0) is 23.8 Å². The number of alkyl halides is 1. The minimum absolute atomic E-state index is 0.200. The Morgan fingerprint density at radius 3 is 2.79 bits per heavy atom. The predicted molar refractivity (Wildman–Crippen MR) is 65.6 cm³/mol. The third-order valence-corrected chi connectivity index (χ3v) is 4.01. The fourth-order valence-corrected chi connectivity index (χ4v) is 2.49. The van der Waals surface area contributed by atoms with E-state index in [0.29, 0.717) is 11.1 Å². The van der Waals surface area contributed by atoms with Gasteiger partial charge in [-0.3, -0.25) is 0 Å². The highest BCUT2D eigenvalue weighted by molar-refractivity contribution is 9.10. The normalized spacial score (nSPS) is 12.9. The van der Waals surface area contributed by atoms with Crippen molar-refractivity contribution in [3.63, 3.8) is 0 Å². The van der Waals surface area contributed by atoms with Crippen LogP contribution in [0.15, 0.2) is 22.7 Å². The molecule has 0 aliphatic heterocycles. The average Bonchev–Trinajstić information content (AvgIpc) is 2.12. The molecule has 0 aliphatic rings. The monoisotopic (exact) mass is 296 g/mol. The van der Waals surface area contributed by atoms with E-state index in [-0.39, 0.29) is 5.82 Å². The van der Waals surface area contributed by atoms with Crippen LogP contribution in [0.5, 0.6) is 0 Å². The first-order valence-corrected chi connectivity index (χ1v) is 6.62. The Hall–Kier alpha value is 0.270. The van der Waals surface area contributed by atoms with E-state index >= 15 is 0 Å². The van der Waals surface area contributed by atoms with Gasteiger partial charge in [-0.25, -0.2) is 4.39 Å². The molecule has 0 saturated carbocycles. The third-order valence-electron chi connectivity index (χ3n) is 1.67. The number of hydrogen-bond donors (Lipinski definition) is 0. The van der Waals surface area contributed by atoms with Crippen molar-refractivity contribution in [1.29, 1.82) is 0 Å². The van der Waals surface area contributed by atoms with E-state index in [9.17, 15) is 4.39 Å². The van der Waals surface area contributed by atoms with Gasteiger partial charge in [-0.1, -0.05) is 22.9 Å². The molecule has 78 valence electrons. The Balaban J connectivity index is 2.58. The first-order valence-electron chi connectivity index (χ1n) is 4.24. The first-order chi connectivity index (χ1) is 6.61. The van der Waals surface area contributed by atoms with Crippen molar-refractivity contribution in [2.75, 3.05) is 5.88 Å². The standard InChI is InChI=1S/C10H11BrClFS/c1-7(5-12)14-6-8-2-9(11)4-10(13)3-8/h2-4,7H,5-6H2,1H3. The Kier molecular flexibility index (Phi) is 5.28. The van der Waals surface area contributed by atoms with Crippen LogP contribution in [0.25, 0.3) is 0 Å². The lowest BCUT2D eigenvalue weighted by molar-refractivity contribution is 0.625. The van der Waals surface area contributed by atoms with Gasteiger partial charge in [-0.15, -0.1) is 11.6 Å². The van der Waals surface area contributed by atoms with E-state index in [4.69, 9.17) is 11.6 Å². The molecule has 0 nitrogen and oxygen atoms in total. The molecular formula is C10H11BrClFS. The highest BCUT2D eigenvalue weighted by Crippen LogP contribution is 2.22. The van der Waals surface area contributed by atoms with Gasteiger partial charge in [0.2, 0.25) is 0 Å². The quantitative estimate of drug-likeness (QED) is 0.740. The van der Waals surface area contributed by atoms with E-state index in [1.165, 1.54) is 6.07 Å². The minimum Gasteiger partial charge on any atom is -0.207 e. The van der Waals surface area contributed by atoms with Crippen LogP contribution in [0.3, 0.4) is 0 Å². The number of halogens is 3. The van der Waals surface area contributed by atoms with Crippen molar-refractivity contribution >= 4 is 39.3 Å². The van der Waals surface area contributed by atoms with E-state index < -0.39 is 0 Å². The van der Waals surface area contributed by atoms with Crippen molar-refractivity contribution in [3.8, 4) is 0 Å². The van der Waals surface area contributed by atoms with Gasteiger partial charge in [0.1, 0.15) is 5.82 Å². The molecule has 1 rings (SSSR count). The molecule has 1 aromatic carbocycles. The van der Waals surface area contributed by atoms with Crippen LogP contribution >= 0.6 is 39.3 Å². The SMILES string of the molecule is CC(CCl)SCc1cc(F)cc(Br)c1. The second-order valence-electron chi connectivity index (χ2n) is 3.05. The maximum Gasteiger partial charge on any atom is 0.124 e. The second kappa shape index (κ2) is 5.99. The zero-order chi connectivity index (χ0) is 10.6. The fraction of sp³-hybridized carbons (Fsp3) is 0.400. The van der Waals surface area contributed by atoms with Crippen LogP contribution in [0.4, 0.5) is 4.39 Å². The number of thioether (sulfide) groups is 1. The van der Waals surface area contributed by atoms with Crippen molar-refractivity contribution in [2.45, 2.75) is 17.9 Å². The molecule has 0 bridgehead atoms. The smallest absolute Gasteiger partial charge is 0.124 e. The number of rotatable bonds is 4. The molecule has 1 unspecified atom stereocenters. The van der Waals surface area contributed by atoms with Gasteiger partial charge in [0, 0.05) is 21.4 Å². The van der Waals surface area contributed by atoms with Gasteiger partial charge in [0.05, 0.1) is 0 Å². The van der Waals surface area contributed by atoms with Crippen molar-refractivity contribution < 1.29 is 4.39 Å². The molecular weight excluding hydrogens is 287 g/mol. The lowest BCUT2D eigenvalue weighted by Crippen LogP contribution is -1.97. The molecule has 14 heavy (non-hydrogen) atoms. The molecule has 0 N–H and O–H groups in total. The van der Waals surface area contributed by atoms with Crippen LogP contribution in [0, 0.1) is 5.82 Å². The zero-order valence-electron chi connectivity index (χ0n) is 7.77. The summed E-state index contributed by atoms with van der Waals surface area (Å²) < 4.78 is 13.8. The molecule has 0 aliphatic carbocycles. The van der Waals surface area contributed by atoms with Crippen LogP contribution in [0.1, 0.15) is 12.5 Å². The summed E-state index contributed by atoms with van der Waals surface area (Å²) in [4.78, 5) is 0. The summed E-state index contributed by atoms with van der Waals surface area (Å²) in [5.74, 6) is 1.22. The summed E-state index contributed by atoms with van der Waals surface area (Å²) in [7, 11) is 0. The lowest BCUT2D eigenvalue weighted by Gasteiger charge is -2.07. The first kappa shape index (κ1) is 12.3. The summed E-state index contributed by atoms with van der Waals surface area (Å²) in [6, 6.07) is 4.94. The van der Waals surface area contributed by atoms with Crippen LogP contribution in [-0.2, 0) is 5.75 Å². The van der Waals surface area contributed by atoms with E-state index in [1.54, 1.807) is 17.8 Å².